The molecular formula is C13H15N3O2S. The Bertz CT molecular complexity index is 662. The summed E-state index contributed by atoms with van der Waals surface area (Å²) in [5.41, 5.74) is 7.51. The predicted molar refractivity (Wildman–Crippen MR) is 73.9 cm³/mol. The first-order valence-electron chi connectivity index (χ1n) is 6.12. The second kappa shape index (κ2) is 4.71. The number of ether oxygens (including phenoxy) is 1. The molecule has 1 atom stereocenters. The number of nitrogens with zero attached hydrogens (tertiary/aromatic N) is 1. The molecule has 2 heterocycles. The second-order valence-corrected chi connectivity index (χ2v) is 5.04. The molecule has 3 rings (SSSR count). The number of aromatic amines is 1. The smallest absolute Gasteiger partial charge is 0.177 e. The largest absolute Gasteiger partial charge is 0.508 e. The van der Waals surface area contributed by atoms with E-state index in [1.807, 2.05) is 10.8 Å². The highest BCUT2D eigenvalue weighted by Crippen LogP contribution is 2.32. The van der Waals surface area contributed by atoms with Gasteiger partial charge < -0.3 is 25.1 Å². The number of nitrogens with two attached hydrogens (primary N) is 1. The van der Waals surface area contributed by atoms with E-state index in [1.54, 1.807) is 18.2 Å². The van der Waals surface area contributed by atoms with Crippen molar-refractivity contribution in [2.45, 2.75) is 19.0 Å². The molecule has 1 aromatic carbocycles. The highest BCUT2D eigenvalue weighted by Gasteiger charge is 2.22. The zero-order chi connectivity index (χ0) is 13.4. The number of aromatic nitrogens is 2. The van der Waals surface area contributed by atoms with E-state index in [1.165, 1.54) is 0 Å². The van der Waals surface area contributed by atoms with Gasteiger partial charge in [0.2, 0.25) is 0 Å². The molecule has 1 aliphatic rings. The number of phenolic OH excluding ortho intramolecular Hbond substituents is 1. The van der Waals surface area contributed by atoms with Crippen LogP contribution in [-0.2, 0) is 13.0 Å². The molecule has 0 bridgehead atoms. The van der Waals surface area contributed by atoms with Crippen molar-refractivity contribution < 1.29 is 9.84 Å². The molecule has 0 fully saturated rings. The van der Waals surface area contributed by atoms with Crippen molar-refractivity contribution >= 4 is 12.2 Å². The van der Waals surface area contributed by atoms with Crippen LogP contribution in [-0.4, -0.2) is 21.3 Å². The molecule has 0 aliphatic carbocycles. The molecule has 6 heteroatoms. The predicted octanol–water partition coefficient (Wildman–Crippen LogP) is 1.89. The number of fused-ring (bicyclic) bond motifs is 1. The Hall–Kier alpha value is -1.79. The summed E-state index contributed by atoms with van der Waals surface area (Å²) in [5, 5.41) is 9.54. The van der Waals surface area contributed by atoms with E-state index in [0.29, 0.717) is 17.9 Å². The number of H-pyrrole nitrogens is 1. The number of hydrogen-bond acceptors (Lipinski definition) is 4. The SMILES string of the molecule is NCc1cn([C@H]2COc3ccc(O)cc3C2)c(=S)[nH]1. The van der Waals surface area contributed by atoms with Crippen molar-refractivity contribution in [2.24, 2.45) is 5.73 Å². The third kappa shape index (κ3) is 2.24. The van der Waals surface area contributed by atoms with Crippen molar-refractivity contribution in [2.75, 3.05) is 6.61 Å². The first-order chi connectivity index (χ1) is 9.17. The third-order valence-corrected chi connectivity index (χ3v) is 3.65. The van der Waals surface area contributed by atoms with Crippen molar-refractivity contribution in [3.05, 3.63) is 40.4 Å². The van der Waals surface area contributed by atoms with E-state index in [0.717, 1.165) is 23.4 Å². The number of hydrogen-bond donors (Lipinski definition) is 3. The number of rotatable bonds is 2. The molecule has 19 heavy (non-hydrogen) atoms. The molecule has 1 aliphatic heterocycles. The van der Waals surface area contributed by atoms with Crippen LogP contribution < -0.4 is 10.5 Å². The molecule has 4 N–H and O–H groups in total. The molecule has 0 amide bonds. The number of imidazole rings is 1. The molecule has 0 spiro atoms. The average molecular weight is 277 g/mol. The summed E-state index contributed by atoms with van der Waals surface area (Å²) in [6.45, 7) is 0.996. The van der Waals surface area contributed by atoms with Crippen LogP contribution in [0.25, 0.3) is 0 Å². The Morgan fingerprint density at radius 2 is 2.37 bits per heavy atom. The minimum Gasteiger partial charge on any atom is -0.508 e. The molecule has 5 nitrogen and oxygen atoms in total. The van der Waals surface area contributed by atoms with Crippen molar-refractivity contribution in [1.29, 1.82) is 0 Å². The van der Waals surface area contributed by atoms with Crippen molar-refractivity contribution in [3.63, 3.8) is 0 Å². The first-order valence-corrected chi connectivity index (χ1v) is 6.53. The van der Waals surface area contributed by atoms with Crippen molar-refractivity contribution in [3.8, 4) is 11.5 Å². The lowest BCUT2D eigenvalue weighted by Gasteiger charge is -2.26. The maximum atomic E-state index is 9.54. The Kier molecular flexibility index (Phi) is 3.04. The average Bonchev–Trinajstić information content (AvgIpc) is 2.79. The summed E-state index contributed by atoms with van der Waals surface area (Å²) < 4.78 is 8.35. The molecule has 0 unspecified atom stereocenters. The molecule has 1 aromatic heterocycles. The summed E-state index contributed by atoms with van der Waals surface area (Å²) in [6.07, 6.45) is 2.71. The van der Waals surface area contributed by atoms with Crippen LogP contribution in [0.3, 0.4) is 0 Å². The molecule has 0 saturated heterocycles. The summed E-state index contributed by atoms with van der Waals surface area (Å²) in [7, 11) is 0. The highest BCUT2D eigenvalue weighted by atomic mass is 32.1. The van der Waals surface area contributed by atoms with Crippen LogP contribution in [0, 0.1) is 4.77 Å². The van der Waals surface area contributed by atoms with E-state index < -0.39 is 0 Å². The van der Waals surface area contributed by atoms with Gasteiger partial charge in [-0.1, -0.05) is 0 Å². The monoisotopic (exact) mass is 277 g/mol. The van der Waals surface area contributed by atoms with E-state index in [-0.39, 0.29) is 11.8 Å². The lowest BCUT2D eigenvalue weighted by molar-refractivity contribution is 0.222. The van der Waals surface area contributed by atoms with Gasteiger partial charge in [0.05, 0.1) is 6.04 Å². The molecule has 2 aromatic rings. The molecule has 100 valence electrons. The fraction of sp³-hybridized carbons (Fsp3) is 0.308. The quantitative estimate of drug-likeness (QED) is 0.733. The van der Waals surface area contributed by atoms with Crippen LogP contribution in [0.2, 0.25) is 0 Å². The Balaban J connectivity index is 1.92. The maximum Gasteiger partial charge on any atom is 0.177 e. The van der Waals surface area contributed by atoms with Crippen LogP contribution in [0.1, 0.15) is 17.3 Å². The maximum absolute atomic E-state index is 9.54. The van der Waals surface area contributed by atoms with Gasteiger partial charge in [0, 0.05) is 24.9 Å². The van der Waals surface area contributed by atoms with Gasteiger partial charge in [0.25, 0.3) is 0 Å². The zero-order valence-electron chi connectivity index (χ0n) is 10.3. The Morgan fingerprint density at radius 1 is 1.53 bits per heavy atom. The number of phenols is 1. The number of benzene rings is 1. The van der Waals surface area contributed by atoms with Crippen LogP contribution in [0.15, 0.2) is 24.4 Å². The Labute approximate surface area is 115 Å². The van der Waals surface area contributed by atoms with Gasteiger partial charge in [-0.05, 0) is 36.0 Å². The van der Waals surface area contributed by atoms with Crippen LogP contribution in [0.5, 0.6) is 11.5 Å². The van der Waals surface area contributed by atoms with Gasteiger partial charge in [-0.15, -0.1) is 0 Å². The lowest BCUT2D eigenvalue weighted by Crippen LogP contribution is -2.24. The summed E-state index contributed by atoms with van der Waals surface area (Å²) in [5.74, 6) is 1.08. The van der Waals surface area contributed by atoms with Gasteiger partial charge in [0.15, 0.2) is 4.77 Å². The molecular weight excluding hydrogens is 262 g/mol. The van der Waals surface area contributed by atoms with Crippen LogP contribution >= 0.6 is 12.2 Å². The summed E-state index contributed by atoms with van der Waals surface area (Å²) >= 11 is 5.29. The summed E-state index contributed by atoms with van der Waals surface area (Å²) in [6, 6.07) is 5.29. The van der Waals surface area contributed by atoms with E-state index >= 15 is 0 Å². The number of nitrogens with one attached hydrogen (secondary N) is 1. The van der Waals surface area contributed by atoms with Gasteiger partial charge in [0.1, 0.15) is 18.1 Å². The molecule has 0 radical (unpaired) electrons. The third-order valence-electron chi connectivity index (χ3n) is 3.34. The van der Waals surface area contributed by atoms with E-state index in [9.17, 15) is 5.11 Å². The van der Waals surface area contributed by atoms with Gasteiger partial charge >= 0.3 is 0 Å². The highest BCUT2D eigenvalue weighted by molar-refractivity contribution is 7.71. The van der Waals surface area contributed by atoms with E-state index in [4.69, 9.17) is 22.7 Å². The Morgan fingerprint density at radius 3 is 3.11 bits per heavy atom. The first kappa shape index (κ1) is 12.3. The van der Waals surface area contributed by atoms with E-state index in [2.05, 4.69) is 4.98 Å². The molecule has 0 saturated carbocycles. The van der Waals surface area contributed by atoms with Gasteiger partial charge in [-0.2, -0.15) is 0 Å². The lowest BCUT2D eigenvalue weighted by atomic mass is 10.0. The van der Waals surface area contributed by atoms with Crippen molar-refractivity contribution in [1.82, 2.24) is 9.55 Å². The number of aromatic hydroxyl groups is 1. The minimum absolute atomic E-state index is 0.123. The zero-order valence-corrected chi connectivity index (χ0v) is 11.1. The fourth-order valence-electron chi connectivity index (χ4n) is 2.38. The second-order valence-electron chi connectivity index (χ2n) is 4.66. The topological polar surface area (TPSA) is 76.2 Å². The minimum atomic E-state index is 0.123. The summed E-state index contributed by atoms with van der Waals surface area (Å²) in [4.78, 5) is 3.07. The normalized spacial score (nSPS) is 17.8. The van der Waals surface area contributed by atoms with Gasteiger partial charge in [-0.25, -0.2) is 0 Å². The fourth-order valence-corrected chi connectivity index (χ4v) is 2.71. The standard InChI is InChI=1S/C13H15N3O2S/c14-5-9-6-16(13(19)15-9)10-3-8-4-11(17)1-2-12(8)18-7-10/h1-2,4,6,10,17H,3,5,7,14H2,(H,15,19)/t10-/m1/s1. The van der Waals surface area contributed by atoms with Gasteiger partial charge in [-0.3, -0.25) is 0 Å². The van der Waals surface area contributed by atoms with Crippen LogP contribution in [0.4, 0.5) is 0 Å².